The standard InChI is InChI=1S/C9H12N2O2S/c1-4-8-6-9(11-7(3)10-8)14(12,13)5-2/h5-6H,2,4H2,1,3H3. The fourth-order valence-electron chi connectivity index (χ4n) is 1.01. The molecule has 0 aliphatic heterocycles. The molecule has 0 atom stereocenters. The summed E-state index contributed by atoms with van der Waals surface area (Å²) in [7, 11) is -3.44. The lowest BCUT2D eigenvalue weighted by Crippen LogP contribution is -2.04. The van der Waals surface area contributed by atoms with Crippen molar-refractivity contribution in [3.8, 4) is 0 Å². The number of sulfone groups is 1. The third-order valence-electron chi connectivity index (χ3n) is 1.74. The molecule has 0 saturated carbocycles. The molecule has 0 aliphatic rings. The minimum atomic E-state index is -3.44. The van der Waals surface area contributed by atoms with Crippen LogP contribution in [0.15, 0.2) is 23.1 Å². The lowest BCUT2D eigenvalue weighted by atomic mass is 10.3. The molecule has 0 unspecified atom stereocenters. The summed E-state index contributed by atoms with van der Waals surface area (Å²) >= 11 is 0. The predicted octanol–water partition coefficient (Wildman–Crippen LogP) is 1.26. The first-order chi connectivity index (χ1) is 6.49. The predicted molar refractivity (Wildman–Crippen MR) is 53.5 cm³/mol. The van der Waals surface area contributed by atoms with Crippen LogP contribution < -0.4 is 0 Å². The Morgan fingerprint density at radius 2 is 2.14 bits per heavy atom. The lowest BCUT2D eigenvalue weighted by molar-refractivity contribution is 0.599. The van der Waals surface area contributed by atoms with Crippen LogP contribution in [0.25, 0.3) is 0 Å². The maximum absolute atomic E-state index is 11.4. The molecule has 0 aliphatic carbocycles. The van der Waals surface area contributed by atoms with Crippen molar-refractivity contribution in [2.75, 3.05) is 0 Å². The van der Waals surface area contributed by atoms with Crippen molar-refractivity contribution in [1.82, 2.24) is 9.97 Å². The van der Waals surface area contributed by atoms with Gasteiger partial charge in [0.05, 0.1) is 0 Å². The van der Waals surface area contributed by atoms with E-state index in [9.17, 15) is 8.42 Å². The third-order valence-corrected chi connectivity index (χ3v) is 2.97. The number of hydrogen-bond acceptors (Lipinski definition) is 4. The number of nitrogens with zero attached hydrogens (tertiary/aromatic N) is 2. The highest BCUT2D eigenvalue weighted by atomic mass is 32.2. The van der Waals surface area contributed by atoms with Crippen LogP contribution >= 0.6 is 0 Å². The molecule has 0 aromatic carbocycles. The van der Waals surface area contributed by atoms with Crippen molar-refractivity contribution in [2.24, 2.45) is 0 Å². The molecule has 0 spiro atoms. The van der Waals surface area contributed by atoms with E-state index in [2.05, 4.69) is 16.5 Å². The second-order valence-corrected chi connectivity index (χ2v) is 4.65. The van der Waals surface area contributed by atoms with Crippen molar-refractivity contribution in [1.29, 1.82) is 0 Å². The molecule has 0 radical (unpaired) electrons. The quantitative estimate of drug-likeness (QED) is 0.708. The van der Waals surface area contributed by atoms with E-state index in [1.54, 1.807) is 6.92 Å². The topological polar surface area (TPSA) is 59.9 Å². The van der Waals surface area contributed by atoms with Crippen LogP contribution in [0.2, 0.25) is 0 Å². The maximum Gasteiger partial charge on any atom is 0.216 e. The van der Waals surface area contributed by atoms with Crippen LogP contribution in [0.5, 0.6) is 0 Å². The van der Waals surface area contributed by atoms with Gasteiger partial charge in [-0.2, -0.15) is 0 Å². The summed E-state index contributed by atoms with van der Waals surface area (Å²) in [6.45, 7) is 6.82. The third kappa shape index (κ3) is 2.17. The van der Waals surface area contributed by atoms with E-state index in [4.69, 9.17) is 0 Å². The molecule has 5 heteroatoms. The average molecular weight is 212 g/mol. The molecule has 0 saturated heterocycles. The molecule has 1 aromatic heterocycles. The van der Waals surface area contributed by atoms with Crippen molar-refractivity contribution in [3.05, 3.63) is 29.6 Å². The summed E-state index contributed by atoms with van der Waals surface area (Å²) in [5, 5.41) is 0.922. The lowest BCUT2D eigenvalue weighted by Gasteiger charge is -2.02. The van der Waals surface area contributed by atoms with Gasteiger partial charge in [-0.05, 0) is 19.4 Å². The molecule has 1 aromatic rings. The molecule has 4 nitrogen and oxygen atoms in total. The first kappa shape index (κ1) is 10.8. The van der Waals surface area contributed by atoms with Gasteiger partial charge in [0.1, 0.15) is 5.82 Å². The van der Waals surface area contributed by atoms with E-state index in [0.717, 1.165) is 11.1 Å². The van der Waals surface area contributed by atoms with Gasteiger partial charge >= 0.3 is 0 Å². The van der Waals surface area contributed by atoms with E-state index in [1.165, 1.54) is 6.07 Å². The second kappa shape index (κ2) is 3.88. The zero-order valence-corrected chi connectivity index (χ0v) is 9.00. The average Bonchev–Trinajstić information content (AvgIpc) is 2.16. The molecule has 76 valence electrons. The Bertz CT molecular complexity index is 452. The van der Waals surface area contributed by atoms with Gasteiger partial charge in [-0.3, -0.25) is 0 Å². The normalized spacial score (nSPS) is 11.3. The molecule has 0 N–H and O–H groups in total. The van der Waals surface area contributed by atoms with Crippen LogP contribution in [-0.4, -0.2) is 18.4 Å². The molecule has 0 amide bonds. The molecular weight excluding hydrogens is 200 g/mol. The zero-order chi connectivity index (χ0) is 10.8. The molecular formula is C9H12N2O2S. The molecule has 1 heterocycles. The van der Waals surface area contributed by atoms with Gasteiger partial charge in [0.15, 0.2) is 5.03 Å². The number of aromatic nitrogens is 2. The van der Waals surface area contributed by atoms with Crippen molar-refractivity contribution in [3.63, 3.8) is 0 Å². The maximum atomic E-state index is 11.4. The summed E-state index contributed by atoms with van der Waals surface area (Å²) in [4.78, 5) is 7.94. The summed E-state index contributed by atoms with van der Waals surface area (Å²) in [6, 6.07) is 1.48. The first-order valence-corrected chi connectivity index (χ1v) is 5.76. The van der Waals surface area contributed by atoms with Gasteiger partial charge in [0, 0.05) is 11.1 Å². The second-order valence-electron chi connectivity index (χ2n) is 2.81. The minimum Gasteiger partial charge on any atom is -0.238 e. The molecule has 14 heavy (non-hydrogen) atoms. The van der Waals surface area contributed by atoms with Crippen molar-refractivity contribution >= 4 is 9.84 Å². The molecule has 1 rings (SSSR count). The number of rotatable bonds is 3. The molecule has 0 fully saturated rings. The smallest absolute Gasteiger partial charge is 0.216 e. The Morgan fingerprint density at radius 3 is 2.64 bits per heavy atom. The van der Waals surface area contributed by atoms with E-state index in [-0.39, 0.29) is 5.03 Å². The largest absolute Gasteiger partial charge is 0.238 e. The Kier molecular flexibility index (Phi) is 3.00. The Morgan fingerprint density at radius 1 is 1.50 bits per heavy atom. The van der Waals surface area contributed by atoms with Crippen LogP contribution in [0.3, 0.4) is 0 Å². The van der Waals surface area contributed by atoms with Gasteiger partial charge in [0.2, 0.25) is 9.84 Å². The van der Waals surface area contributed by atoms with Crippen LogP contribution in [-0.2, 0) is 16.3 Å². The van der Waals surface area contributed by atoms with Crippen LogP contribution in [0, 0.1) is 6.92 Å². The monoisotopic (exact) mass is 212 g/mol. The van der Waals surface area contributed by atoms with Gasteiger partial charge in [-0.15, -0.1) is 0 Å². The summed E-state index contributed by atoms with van der Waals surface area (Å²) in [5.74, 6) is 0.463. The first-order valence-electron chi connectivity index (χ1n) is 4.21. The van der Waals surface area contributed by atoms with Gasteiger partial charge in [-0.1, -0.05) is 13.5 Å². The van der Waals surface area contributed by atoms with E-state index < -0.39 is 9.84 Å². The van der Waals surface area contributed by atoms with E-state index in [1.807, 2.05) is 6.92 Å². The zero-order valence-electron chi connectivity index (χ0n) is 8.19. The SMILES string of the molecule is C=CS(=O)(=O)c1cc(CC)nc(C)n1. The highest BCUT2D eigenvalue weighted by molar-refractivity contribution is 7.94. The Hall–Kier alpha value is -1.23. The van der Waals surface area contributed by atoms with Gasteiger partial charge in [-0.25, -0.2) is 18.4 Å². The van der Waals surface area contributed by atoms with E-state index in [0.29, 0.717) is 12.2 Å². The number of aryl methyl sites for hydroxylation is 2. The Balaban J connectivity index is 3.36. The minimum absolute atomic E-state index is 0.0249. The van der Waals surface area contributed by atoms with Gasteiger partial charge in [0.25, 0.3) is 0 Å². The van der Waals surface area contributed by atoms with Crippen LogP contribution in [0.4, 0.5) is 0 Å². The Labute approximate surface area is 83.6 Å². The summed E-state index contributed by atoms with van der Waals surface area (Å²) in [5.41, 5.74) is 0.720. The van der Waals surface area contributed by atoms with Gasteiger partial charge < -0.3 is 0 Å². The van der Waals surface area contributed by atoms with Crippen molar-refractivity contribution < 1.29 is 8.42 Å². The summed E-state index contributed by atoms with van der Waals surface area (Å²) in [6.07, 6.45) is 0.684. The highest BCUT2D eigenvalue weighted by Gasteiger charge is 2.12. The van der Waals surface area contributed by atoms with E-state index >= 15 is 0 Å². The van der Waals surface area contributed by atoms with Crippen molar-refractivity contribution in [2.45, 2.75) is 25.3 Å². The fraction of sp³-hybridized carbons (Fsp3) is 0.333. The summed E-state index contributed by atoms with van der Waals surface area (Å²) < 4.78 is 22.8. The molecule has 0 bridgehead atoms. The number of hydrogen-bond donors (Lipinski definition) is 0. The fourth-order valence-corrected chi connectivity index (χ4v) is 1.74. The van der Waals surface area contributed by atoms with Crippen LogP contribution in [0.1, 0.15) is 18.4 Å². The highest BCUT2D eigenvalue weighted by Crippen LogP contribution is 2.10.